The van der Waals surface area contributed by atoms with Crippen molar-refractivity contribution in [3.05, 3.63) is 75.2 Å². The molecule has 2 aliphatic rings. The third kappa shape index (κ3) is 5.80. The molecule has 1 aromatic carbocycles. The zero-order valence-electron chi connectivity index (χ0n) is 20.2. The van der Waals surface area contributed by atoms with Gasteiger partial charge in [-0.05, 0) is 49.7 Å². The number of aryl methyl sites for hydroxylation is 1. The van der Waals surface area contributed by atoms with Crippen molar-refractivity contribution in [1.82, 2.24) is 19.8 Å². The number of benzene rings is 1. The molecule has 4 heterocycles. The first-order valence-corrected chi connectivity index (χ1v) is 12.4. The van der Waals surface area contributed by atoms with Gasteiger partial charge in [-0.15, -0.1) is 36.2 Å². The molecule has 9 heteroatoms. The van der Waals surface area contributed by atoms with Gasteiger partial charge in [0, 0.05) is 49.2 Å². The lowest BCUT2D eigenvalue weighted by atomic mass is 10.0. The van der Waals surface area contributed by atoms with Gasteiger partial charge in [0.1, 0.15) is 16.5 Å². The molecule has 2 aromatic heterocycles. The van der Waals surface area contributed by atoms with Gasteiger partial charge in [-0.3, -0.25) is 9.88 Å². The number of nitrogens with zero attached hydrogens (tertiary/aromatic N) is 4. The average molecular weight is 537 g/mol. The minimum Gasteiger partial charge on any atom is -0.365 e. The van der Waals surface area contributed by atoms with E-state index in [0.29, 0.717) is 12.0 Å². The van der Waals surface area contributed by atoms with Crippen molar-refractivity contribution in [3.8, 4) is 0 Å². The third-order valence-electron chi connectivity index (χ3n) is 6.53. The Balaban J connectivity index is 0.00000171. The van der Waals surface area contributed by atoms with Crippen molar-refractivity contribution < 1.29 is 4.39 Å². The van der Waals surface area contributed by atoms with E-state index in [1.54, 1.807) is 23.5 Å². The number of hydrogen-bond acceptors (Lipinski definition) is 6. The Labute approximate surface area is 222 Å². The highest BCUT2D eigenvalue weighted by atomic mass is 35.5. The summed E-state index contributed by atoms with van der Waals surface area (Å²) in [5.41, 5.74) is 3.18. The van der Waals surface area contributed by atoms with Gasteiger partial charge in [0.25, 0.3) is 0 Å². The van der Waals surface area contributed by atoms with E-state index < -0.39 is 0 Å². The van der Waals surface area contributed by atoms with Crippen molar-refractivity contribution in [2.45, 2.75) is 38.6 Å². The van der Waals surface area contributed by atoms with Gasteiger partial charge in [-0.1, -0.05) is 26.0 Å². The topological polar surface area (TPSA) is 44.3 Å². The average Bonchev–Trinajstić information content (AvgIpc) is 3.16. The van der Waals surface area contributed by atoms with E-state index in [9.17, 15) is 4.39 Å². The summed E-state index contributed by atoms with van der Waals surface area (Å²) in [6, 6.07) is 11.4. The molecule has 1 N–H and O–H groups in total. The fourth-order valence-corrected chi connectivity index (χ4v) is 5.55. The van der Waals surface area contributed by atoms with E-state index in [1.165, 1.54) is 6.07 Å². The molecule has 1 saturated heterocycles. The Bertz CT molecular complexity index is 1280. The molecule has 0 spiro atoms. The monoisotopic (exact) mass is 535 g/mol. The summed E-state index contributed by atoms with van der Waals surface area (Å²) >= 11 is 1.73. The Morgan fingerprint density at radius 1 is 1.17 bits per heavy atom. The minimum atomic E-state index is -0.163. The fourth-order valence-electron chi connectivity index (χ4n) is 4.62. The molecule has 1 unspecified atom stereocenters. The predicted molar refractivity (Wildman–Crippen MR) is 147 cm³/mol. The van der Waals surface area contributed by atoms with Crippen LogP contribution in [-0.2, 0) is 6.42 Å². The van der Waals surface area contributed by atoms with Crippen LogP contribution in [0.1, 0.15) is 42.5 Å². The number of anilines is 1. The van der Waals surface area contributed by atoms with E-state index in [-0.39, 0.29) is 30.6 Å². The van der Waals surface area contributed by atoms with Crippen LogP contribution in [-0.4, -0.2) is 52.5 Å². The van der Waals surface area contributed by atoms with E-state index in [0.717, 1.165) is 70.0 Å². The van der Waals surface area contributed by atoms with Crippen LogP contribution >= 0.6 is 36.2 Å². The number of thiazole rings is 1. The summed E-state index contributed by atoms with van der Waals surface area (Å²) in [5, 5.41) is 7.78. The SMILES string of the molecule is CC(C)c1nc2c(s1)NC=c1cccnc1=C2N1CCN(C)C(CCc2cccc(F)c2)C1.Cl.Cl. The van der Waals surface area contributed by atoms with Crippen LogP contribution in [0, 0.1) is 5.82 Å². The van der Waals surface area contributed by atoms with Gasteiger partial charge in [0.05, 0.1) is 16.1 Å². The quantitative estimate of drug-likeness (QED) is 0.530. The summed E-state index contributed by atoms with van der Waals surface area (Å²) in [5.74, 6) is 0.211. The molecule has 0 bridgehead atoms. The Morgan fingerprint density at radius 3 is 2.77 bits per heavy atom. The number of rotatable bonds is 5. The van der Waals surface area contributed by atoms with Crippen LogP contribution in [0.4, 0.5) is 9.39 Å². The molecule has 35 heavy (non-hydrogen) atoms. The van der Waals surface area contributed by atoms with Crippen LogP contribution in [0.15, 0.2) is 42.6 Å². The van der Waals surface area contributed by atoms with Crippen LogP contribution in [0.25, 0.3) is 11.9 Å². The molecule has 188 valence electrons. The van der Waals surface area contributed by atoms with Crippen LogP contribution in [0.3, 0.4) is 0 Å². The zero-order chi connectivity index (χ0) is 22.9. The number of nitrogens with one attached hydrogen (secondary N) is 1. The second-order valence-electron chi connectivity index (χ2n) is 9.21. The minimum absolute atomic E-state index is 0. The number of pyridine rings is 1. The smallest absolute Gasteiger partial charge is 0.124 e. The number of halogens is 3. The van der Waals surface area contributed by atoms with Crippen LogP contribution < -0.4 is 15.9 Å². The molecular formula is C26H32Cl2FN5S. The largest absolute Gasteiger partial charge is 0.365 e. The molecule has 3 aromatic rings. The number of piperazine rings is 1. The predicted octanol–water partition coefficient (Wildman–Crippen LogP) is 4.21. The molecule has 0 aliphatic carbocycles. The second kappa shape index (κ2) is 11.7. The summed E-state index contributed by atoms with van der Waals surface area (Å²) in [4.78, 5) is 14.8. The van der Waals surface area contributed by atoms with Crippen molar-refractivity contribution in [1.29, 1.82) is 0 Å². The van der Waals surface area contributed by atoms with E-state index in [1.807, 2.05) is 24.5 Å². The van der Waals surface area contributed by atoms with Gasteiger partial charge in [0.15, 0.2) is 0 Å². The van der Waals surface area contributed by atoms with Gasteiger partial charge in [-0.2, -0.15) is 0 Å². The number of aromatic nitrogens is 2. The van der Waals surface area contributed by atoms with Crippen molar-refractivity contribution in [3.63, 3.8) is 0 Å². The zero-order valence-corrected chi connectivity index (χ0v) is 22.7. The van der Waals surface area contributed by atoms with Gasteiger partial charge in [-0.25, -0.2) is 9.37 Å². The second-order valence-corrected chi connectivity index (χ2v) is 10.2. The van der Waals surface area contributed by atoms with E-state index in [2.05, 4.69) is 42.1 Å². The molecule has 0 amide bonds. The fraction of sp³-hybridized carbons (Fsp3) is 0.385. The maximum absolute atomic E-state index is 13.6. The summed E-state index contributed by atoms with van der Waals surface area (Å²) in [7, 11) is 2.19. The van der Waals surface area contributed by atoms with Crippen LogP contribution in [0.5, 0.6) is 0 Å². The van der Waals surface area contributed by atoms with Crippen molar-refractivity contribution >= 4 is 53.0 Å². The Hall–Kier alpha value is -2.19. The van der Waals surface area contributed by atoms with E-state index in [4.69, 9.17) is 9.97 Å². The molecule has 5 nitrogen and oxygen atoms in total. The molecule has 2 aliphatic heterocycles. The molecule has 5 rings (SSSR count). The lowest BCUT2D eigenvalue weighted by Crippen LogP contribution is -2.52. The maximum atomic E-state index is 13.6. The third-order valence-corrected chi connectivity index (χ3v) is 7.82. The molecule has 1 fully saturated rings. The number of hydrogen-bond donors (Lipinski definition) is 1. The van der Waals surface area contributed by atoms with Crippen LogP contribution in [0.2, 0.25) is 0 Å². The lowest BCUT2D eigenvalue weighted by Gasteiger charge is -2.41. The van der Waals surface area contributed by atoms with Crippen molar-refractivity contribution in [2.75, 3.05) is 32.0 Å². The first-order valence-electron chi connectivity index (χ1n) is 11.6. The molecule has 0 radical (unpaired) electrons. The molecular weight excluding hydrogens is 504 g/mol. The van der Waals surface area contributed by atoms with E-state index >= 15 is 0 Å². The summed E-state index contributed by atoms with van der Waals surface area (Å²) in [6.45, 7) is 7.16. The number of fused-ring (bicyclic) bond motifs is 2. The Kier molecular flexibility index (Phi) is 9.16. The van der Waals surface area contributed by atoms with Crippen molar-refractivity contribution in [2.24, 2.45) is 0 Å². The first-order chi connectivity index (χ1) is 16.0. The first kappa shape index (κ1) is 27.4. The summed E-state index contributed by atoms with van der Waals surface area (Å²) < 4.78 is 13.6. The van der Waals surface area contributed by atoms with Gasteiger partial charge < -0.3 is 10.2 Å². The Morgan fingerprint density at radius 2 is 2.00 bits per heavy atom. The number of likely N-dealkylation sites (N-methyl/N-ethyl adjacent to an activating group) is 1. The maximum Gasteiger partial charge on any atom is 0.124 e. The summed E-state index contributed by atoms with van der Waals surface area (Å²) in [6.07, 6.45) is 5.75. The van der Waals surface area contributed by atoms with Gasteiger partial charge >= 0.3 is 0 Å². The molecule has 1 atom stereocenters. The lowest BCUT2D eigenvalue weighted by molar-refractivity contribution is 0.127. The highest BCUT2D eigenvalue weighted by molar-refractivity contribution is 7.16. The highest BCUT2D eigenvalue weighted by Crippen LogP contribution is 2.35. The standard InChI is InChI=1S/C26H30FN5S.2ClH/c1-17(2)25-30-23-24(22-19(7-5-11-28-22)15-29-26(23)33-25)32-13-12-31(3)21(16-32)10-9-18-6-4-8-20(27)14-18;;/h4-8,11,14-15,17,21,29H,9-10,12-13,16H2,1-3H3;2*1H. The molecule has 0 saturated carbocycles. The van der Waals surface area contributed by atoms with Gasteiger partial charge in [0.2, 0.25) is 0 Å². The normalized spacial score (nSPS) is 17.3. The highest BCUT2D eigenvalue weighted by Gasteiger charge is 2.30.